The molecule has 2 saturated heterocycles. The molecule has 0 atom stereocenters. The van der Waals surface area contributed by atoms with Crippen LogP contribution in [0.25, 0.3) is 0 Å². The van der Waals surface area contributed by atoms with Crippen LogP contribution in [0.4, 0.5) is 5.69 Å². The summed E-state index contributed by atoms with van der Waals surface area (Å²) in [5.41, 5.74) is 2.43. The molecule has 2 fully saturated rings. The molecule has 1 aromatic carbocycles. The third-order valence-corrected chi connectivity index (χ3v) is 5.70. The van der Waals surface area contributed by atoms with E-state index < -0.39 is 0 Å². The largest absolute Gasteiger partial charge is 0.371 e. The van der Waals surface area contributed by atoms with E-state index in [-0.39, 0.29) is 0 Å². The topological polar surface area (TPSA) is 9.72 Å². The molecule has 0 amide bonds. The van der Waals surface area contributed by atoms with Gasteiger partial charge in [0.15, 0.2) is 0 Å². The van der Waals surface area contributed by atoms with Crippen molar-refractivity contribution in [2.24, 2.45) is 0 Å². The standard InChI is InChI=1S/C19H28ClN3/c1-3-8-21-11-13-23(14-12-21)17-6-9-22(10-7-17)18-5-4-16(2)19(20)15-18/h3-5,15,17H,1,6-14H2,2H3. The Kier molecular flexibility index (Phi) is 5.62. The van der Waals surface area contributed by atoms with E-state index in [9.17, 15) is 0 Å². The summed E-state index contributed by atoms with van der Waals surface area (Å²) >= 11 is 6.28. The van der Waals surface area contributed by atoms with Gasteiger partial charge in [-0.2, -0.15) is 0 Å². The van der Waals surface area contributed by atoms with Crippen molar-refractivity contribution in [2.75, 3.05) is 50.7 Å². The van der Waals surface area contributed by atoms with Gasteiger partial charge in [0, 0.05) is 62.6 Å². The Labute approximate surface area is 145 Å². The van der Waals surface area contributed by atoms with Gasteiger partial charge in [0.25, 0.3) is 0 Å². The number of aryl methyl sites for hydroxylation is 1. The highest BCUT2D eigenvalue weighted by Gasteiger charge is 2.27. The highest BCUT2D eigenvalue weighted by Crippen LogP contribution is 2.27. The second-order valence-corrected chi connectivity index (χ2v) is 7.18. The first-order valence-corrected chi connectivity index (χ1v) is 9.13. The maximum Gasteiger partial charge on any atom is 0.0455 e. The van der Waals surface area contributed by atoms with Gasteiger partial charge in [0.05, 0.1) is 0 Å². The van der Waals surface area contributed by atoms with Gasteiger partial charge in [-0.05, 0) is 37.5 Å². The fraction of sp³-hybridized carbons (Fsp3) is 0.579. The predicted octanol–water partition coefficient (Wildman–Crippen LogP) is 3.42. The molecule has 126 valence electrons. The molecule has 0 radical (unpaired) electrons. The van der Waals surface area contributed by atoms with Crippen LogP contribution in [0.15, 0.2) is 30.9 Å². The van der Waals surface area contributed by atoms with Gasteiger partial charge in [0.1, 0.15) is 0 Å². The lowest BCUT2D eigenvalue weighted by Crippen LogP contribution is -2.53. The monoisotopic (exact) mass is 333 g/mol. The minimum Gasteiger partial charge on any atom is -0.371 e. The zero-order valence-corrected chi connectivity index (χ0v) is 14.9. The molecule has 2 aliphatic heterocycles. The number of nitrogens with zero attached hydrogens (tertiary/aromatic N) is 3. The molecule has 3 rings (SSSR count). The molecule has 0 aromatic heterocycles. The lowest BCUT2D eigenvalue weighted by Gasteiger charge is -2.43. The van der Waals surface area contributed by atoms with Gasteiger partial charge >= 0.3 is 0 Å². The predicted molar refractivity (Wildman–Crippen MR) is 99.6 cm³/mol. The fourth-order valence-corrected chi connectivity index (χ4v) is 3.94. The maximum absolute atomic E-state index is 6.28. The van der Waals surface area contributed by atoms with E-state index in [1.54, 1.807) is 0 Å². The van der Waals surface area contributed by atoms with Crippen LogP contribution in [-0.4, -0.2) is 61.7 Å². The molecule has 0 unspecified atom stereocenters. The van der Waals surface area contributed by atoms with E-state index >= 15 is 0 Å². The third-order valence-electron chi connectivity index (χ3n) is 5.30. The van der Waals surface area contributed by atoms with Gasteiger partial charge in [-0.25, -0.2) is 0 Å². The van der Waals surface area contributed by atoms with Crippen molar-refractivity contribution < 1.29 is 0 Å². The molecule has 23 heavy (non-hydrogen) atoms. The van der Waals surface area contributed by atoms with Crippen molar-refractivity contribution in [1.29, 1.82) is 0 Å². The second kappa shape index (κ2) is 7.69. The molecule has 3 nitrogen and oxygen atoms in total. The van der Waals surface area contributed by atoms with Gasteiger partial charge in [-0.3, -0.25) is 9.80 Å². The lowest BCUT2D eigenvalue weighted by atomic mass is 10.0. The molecule has 0 spiro atoms. The Balaban J connectivity index is 1.50. The van der Waals surface area contributed by atoms with Gasteiger partial charge in [-0.1, -0.05) is 23.7 Å². The van der Waals surface area contributed by atoms with Crippen LogP contribution in [0.1, 0.15) is 18.4 Å². The maximum atomic E-state index is 6.28. The summed E-state index contributed by atoms with van der Waals surface area (Å²) < 4.78 is 0. The number of hydrogen-bond acceptors (Lipinski definition) is 3. The minimum absolute atomic E-state index is 0.748. The highest BCUT2D eigenvalue weighted by molar-refractivity contribution is 6.31. The summed E-state index contributed by atoms with van der Waals surface area (Å²) in [5, 5.41) is 0.878. The number of piperidine rings is 1. The van der Waals surface area contributed by atoms with Crippen molar-refractivity contribution >= 4 is 17.3 Å². The lowest BCUT2D eigenvalue weighted by molar-refractivity contribution is 0.0911. The van der Waals surface area contributed by atoms with Crippen LogP contribution in [0.2, 0.25) is 5.02 Å². The normalized spacial score (nSPS) is 21.6. The second-order valence-electron chi connectivity index (χ2n) is 6.78. The number of hydrogen-bond donors (Lipinski definition) is 0. The Morgan fingerprint density at radius 1 is 1.13 bits per heavy atom. The molecule has 2 aliphatic rings. The Hall–Kier alpha value is -1.03. The van der Waals surface area contributed by atoms with Gasteiger partial charge < -0.3 is 4.90 Å². The third kappa shape index (κ3) is 4.09. The van der Waals surface area contributed by atoms with Crippen LogP contribution in [0, 0.1) is 6.92 Å². The van der Waals surface area contributed by atoms with Crippen LogP contribution in [0.5, 0.6) is 0 Å². The van der Waals surface area contributed by atoms with Crippen molar-refractivity contribution in [2.45, 2.75) is 25.8 Å². The summed E-state index contributed by atoms with van der Waals surface area (Å²) in [6, 6.07) is 7.20. The SMILES string of the molecule is C=CCN1CCN(C2CCN(c3ccc(C)c(Cl)c3)CC2)CC1. The minimum atomic E-state index is 0.748. The fourth-order valence-electron chi connectivity index (χ4n) is 3.76. The summed E-state index contributed by atoms with van der Waals surface area (Å²) in [5.74, 6) is 0. The number of piperazine rings is 1. The van der Waals surface area contributed by atoms with Crippen LogP contribution in [-0.2, 0) is 0 Å². The highest BCUT2D eigenvalue weighted by atomic mass is 35.5. The molecule has 0 bridgehead atoms. The summed E-state index contributed by atoms with van der Waals surface area (Å²) in [6.45, 7) is 14.0. The molecular formula is C19H28ClN3. The van der Waals surface area contributed by atoms with Gasteiger partial charge in [-0.15, -0.1) is 6.58 Å². The molecule has 0 N–H and O–H groups in total. The summed E-state index contributed by atoms with van der Waals surface area (Å²) in [4.78, 5) is 7.67. The first kappa shape index (κ1) is 16.8. The first-order chi connectivity index (χ1) is 11.2. The quantitative estimate of drug-likeness (QED) is 0.782. The van der Waals surface area contributed by atoms with Crippen LogP contribution in [0.3, 0.4) is 0 Å². The van der Waals surface area contributed by atoms with Crippen molar-refractivity contribution in [3.05, 3.63) is 41.4 Å². The van der Waals surface area contributed by atoms with E-state index in [0.717, 1.165) is 36.3 Å². The molecule has 1 aromatic rings. The van der Waals surface area contributed by atoms with E-state index in [1.807, 2.05) is 6.08 Å². The Morgan fingerprint density at radius 2 is 1.83 bits per heavy atom. The smallest absolute Gasteiger partial charge is 0.0455 e. The Morgan fingerprint density at radius 3 is 2.43 bits per heavy atom. The van der Waals surface area contributed by atoms with Crippen molar-refractivity contribution in [3.63, 3.8) is 0 Å². The average molecular weight is 334 g/mol. The van der Waals surface area contributed by atoms with E-state index in [0.29, 0.717) is 0 Å². The molecule has 0 saturated carbocycles. The molecule has 2 heterocycles. The van der Waals surface area contributed by atoms with Gasteiger partial charge in [0.2, 0.25) is 0 Å². The van der Waals surface area contributed by atoms with Crippen molar-refractivity contribution in [1.82, 2.24) is 9.80 Å². The van der Waals surface area contributed by atoms with Crippen LogP contribution >= 0.6 is 11.6 Å². The van der Waals surface area contributed by atoms with E-state index in [2.05, 4.69) is 46.4 Å². The number of rotatable bonds is 4. The summed E-state index contributed by atoms with van der Waals surface area (Å²) in [7, 11) is 0. The molecule has 4 heteroatoms. The first-order valence-electron chi connectivity index (χ1n) is 8.76. The number of anilines is 1. The summed E-state index contributed by atoms with van der Waals surface area (Å²) in [6.07, 6.45) is 4.53. The van der Waals surface area contributed by atoms with Crippen LogP contribution < -0.4 is 4.90 Å². The number of halogens is 1. The Bertz CT molecular complexity index is 529. The molecular weight excluding hydrogens is 306 g/mol. The zero-order valence-electron chi connectivity index (χ0n) is 14.2. The van der Waals surface area contributed by atoms with E-state index in [1.165, 1.54) is 44.7 Å². The zero-order chi connectivity index (χ0) is 16.2. The van der Waals surface area contributed by atoms with Crippen molar-refractivity contribution in [3.8, 4) is 0 Å². The molecule has 0 aliphatic carbocycles. The average Bonchev–Trinajstić information content (AvgIpc) is 2.59. The number of benzene rings is 1. The van der Waals surface area contributed by atoms with E-state index in [4.69, 9.17) is 11.6 Å².